The van der Waals surface area contributed by atoms with Gasteiger partial charge in [0.25, 0.3) is 5.91 Å². The van der Waals surface area contributed by atoms with E-state index in [1.165, 1.54) is 0 Å². The molecule has 0 aliphatic carbocycles. The van der Waals surface area contributed by atoms with Crippen molar-refractivity contribution in [2.45, 2.75) is 12.8 Å². The molecule has 8 nitrogen and oxygen atoms in total. The van der Waals surface area contributed by atoms with Gasteiger partial charge in [0.1, 0.15) is 5.52 Å². The molecule has 0 atom stereocenters. The number of nitrogens with zero attached hydrogens (tertiary/aromatic N) is 5. The third kappa shape index (κ3) is 4.38. The smallest absolute Gasteiger partial charge is 0.253 e. The number of carbonyl (C=O) groups is 1. The first-order chi connectivity index (χ1) is 15.1. The van der Waals surface area contributed by atoms with E-state index in [2.05, 4.69) is 19.9 Å². The highest BCUT2D eigenvalue weighted by Gasteiger charge is 2.24. The highest BCUT2D eigenvalue weighted by molar-refractivity contribution is 5.94. The zero-order valence-electron chi connectivity index (χ0n) is 18.1. The first-order valence-electron chi connectivity index (χ1n) is 10.4. The van der Waals surface area contributed by atoms with Crippen LogP contribution in [0.2, 0.25) is 0 Å². The summed E-state index contributed by atoms with van der Waals surface area (Å²) in [6.45, 7) is 2.55. The molecule has 0 spiro atoms. The molecule has 1 aliphatic rings. The van der Waals surface area contributed by atoms with E-state index in [-0.39, 0.29) is 5.91 Å². The molecule has 162 valence electrons. The number of amides is 1. The predicted octanol–water partition coefficient (Wildman–Crippen LogP) is 3.03. The van der Waals surface area contributed by atoms with Crippen LogP contribution in [0.3, 0.4) is 0 Å². The van der Waals surface area contributed by atoms with Gasteiger partial charge < -0.3 is 19.3 Å². The molecule has 0 saturated carbocycles. The summed E-state index contributed by atoms with van der Waals surface area (Å²) in [4.78, 5) is 30.1. The summed E-state index contributed by atoms with van der Waals surface area (Å²) in [5.74, 6) is 1.61. The second-order valence-corrected chi connectivity index (χ2v) is 7.74. The van der Waals surface area contributed by atoms with Crippen molar-refractivity contribution in [1.82, 2.24) is 19.9 Å². The van der Waals surface area contributed by atoms with Crippen LogP contribution in [0.15, 0.2) is 42.9 Å². The van der Waals surface area contributed by atoms with Crippen LogP contribution in [0.5, 0.6) is 11.5 Å². The van der Waals surface area contributed by atoms with Gasteiger partial charge >= 0.3 is 0 Å². The number of anilines is 1. The van der Waals surface area contributed by atoms with Crippen LogP contribution < -0.4 is 14.4 Å². The van der Waals surface area contributed by atoms with Crippen molar-refractivity contribution in [3.05, 3.63) is 48.4 Å². The van der Waals surface area contributed by atoms with Crippen molar-refractivity contribution in [2.75, 3.05) is 45.8 Å². The molecule has 1 amide bonds. The van der Waals surface area contributed by atoms with Crippen LogP contribution in [0.1, 0.15) is 23.2 Å². The number of rotatable bonds is 6. The zero-order valence-corrected chi connectivity index (χ0v) is 18.1. The molecular weight excluding hydrogens is 394 g/mol. The fraction of sp³-hybridized carbons (Fsp3) is 0.391. The summed E-state index contributed by atoms with van der Waals surface area (Å²) in [5.41, 5.74) is 3.18. The Labute approximate surface area is 181 Å². The second kappa shape index (κ2) is 9.16. The highest BCUT2D eigenvalue weighted by atomic mass is 16.5. The Bertz CT molecular complexity index is 1060. The van der Waals surface area contributed by atoms with E-state index >= 15 is 0 Å². The average Bonchev–Trinajstić information content (AvgIpc) is 2.83. The van der Waals surface area contributed by atoms with Crippen LogP contribution in [0.25, 0.3) is 11.2 Å². The first-order valence-corrected chi connectivity index (χ1v) is 10.4. The minimum absolute atomic E-state index is 0.0150. The van der Waals surface area contributed by atoms with Crippen molar-refractivity contribution in [3.63, 3.8) is 0 Å². The minimum atomic E-state index is -0.0150. The molecule has 3 heterocycles. The Hall–Kier alpha value is -3.42. The lowest BCUT2D eigenvalue weighted by atomic mass is 9.95. The normalized spacial score (nSPS) is 14.5. The van der Waals surface area contributed by atoms with E-state index in [1.54, 1.807) is 55.9 Å². The number of methoxy groups -OCH3 is 2. The minimum Gasteiger partial charge on any atom is -0.493 e. The lowest BCUT2D eigenvalue weighted by molar-refractivity contribution is 0.0764. The number of pyridine rings is 1. The van der Waals surface area contributed by atoms with Crippen molar-refractivity contribution in [3.8, 4) is 11.5 Å². The van der Waals surface area contributed by atoms with Crippen molar-refractivity contribution < 1.29 is 14.3 Å². The van der Waals surface area contributed by atoms with E-state index in [0.29, 0.717) is 28.6 Å². The molecular formula is C23H27N5O3. The molecule has 31 heavy (non-hydrogen) atoms. The number of hydrogen-bond donors (Lipinski definition) is 0. The molecule has 1 saturated heterocycles. The van der Waals surface area contributed by atoms with Crippen molar-refractivity contribution in [2.24, 2.45) is 5.92 Å². The number of benzene rings is 1. The molecule has 1 fully saturated rings. The van der Waals surface area contributed by atoms with Crippen LogP contribution in [0, 0.1) is 5.92 Å². The Morgan fingerprint density at radius 3 is 2.48 bits per heavy atom. The van der Waals surface area contributed by atoms with Crippen LogP contribution >= 0.6 is 0 Å². The standard InChI is InChI=1S/C23H27N5O3/c1-27(23(29)17-4-5-19(30-2)20(14-17)31-3)15-16-7-12-28(13-8-16)18-6-9-25-22-21(18)24-10-11-26-22/h4-6,9-11,14,16H,7-8,12-13,15H2,1-3H3. The summed E-state index contributed by atoms with van der Waals surface area (Å²) in [7, 11) is 5.01. The summed E-state index contributed by atoms with van der Waals surface area (Å²) in [6, 6.07) is 7.28. The molecule has 8 heteroatoms. The van der Waals surface area contributed by atoms with Crippen LogP contribution in [0.4, 0.5) is 5.69 Å². The molecule has 2 aromatic heterocycles. The van der Waals surface area contributed by atoms with E-state index < -0.39 is 0 Å². The van der Waals surface area contributed by atoms with E-state index in [1.807, 2.05) is 13.1 Å². The summed E-state index contributed by atoms with van der Waals surface area (Å²) < 4.78 is 10.6. The quantitative estimate of drug-likeness (QED) is 0.605. The van der Waals surface area contributed by atoms with Gasteiger partial charge in [-0.2, -0.15) is 0 Å². The maximum absolute atomic E-state index is 12.9. The second-order valence-electron chi connectivity index (χ2n) is 7.74. The largest absolute Gasteiger partial charge is 0.493 e. The van der Waals surface area contributed by atoms with Gasteiger partial charge in [-0.05, 0) is 43.0 Å². The molecule has 0 N–H and O–H groups in total. The van der Waals surface area contributed by atoms with Gasteiger partial charge in [-0.15, -0.1) is 0 Å². The predicted molar refractivity (Wildman–Crippen MR) is 119 cm³/mol. The summed E-state index contributed by atoms with van der Waals surface area (Å²) >= 11 is 0. The number of ether oxygens (including phenoxy) is 2. The number of carbonyl (C=O) groups excluding carboxylic acids is 1. The SMILES string of the molecule is COc1ccc(C(=O)N(C)CC2CCN(c3ccnc4nccnc34)CC2)cc1OC. The maximum Gasteiger partial charge on any atom is 0.253 e. The summed E-state index contributed by atoms with van der Waals surface area (Å²) in [6.07, 6.45) is 7.17. The van der Waals surface area contributed by atoms with E-state index in [0.717, 1.165) is 43.7 Å². The Morgan fingerprint density at radius 2 is 1.74 bits per heavy atom. The Balaban J connectivity index is 1.38. The number of hydrogen-bond acceptors (Lipinski definition) is 7. The van der Waals surface area contributed by atoms with Crippen molar-refractivity contribution in [1.29, 1.82) is 0 Å². The molecule has 1 aromatic carbocycles. The lowest BCUT2D eigenvalue weighted by Crippen LogP contribution is -2.39. The first kappa shape index (κ1) is 20.8. The van der Waals surface area contributed by atoms with Gasteiger partial charge in [0.05, 0.1) is 19.9 Å². The zero-order chi connectivity index (χ0) is 21.8. The third-order valence-electron chi connectivity index (χ3n) is 5.82. The number of piperidine rings is 1. The Morgan fingerprint density at radius 1 is 1.03 bits per heavy atom. The van der Waals surface area contributed by atoms with Crippen molar-refractivity contribution >= 4 is 22.8 Å². The van der Waals surface area contributed by atoms with E-state index in [9.17, 15) is 4.79 Å². The van der Waals surface area contributed by atoms with Crippen LogP contribution in [-0.4, -0.2) is 66.7 Å². The molecule has 0 radical (unpaired) electrons. The number of aromatic nitrogens is 3. The van der Waals surface area contributed by atoms with Gasteiger partial charge in [0.2, 0.25) is 0 Å². The Kier molecular flexibility index (Phi) is 6.16. The fourth-order valence-electron chi connectivity index (χ4n) is 4.13. The topological polar surface area (TPSA) is 80.7 Å². The molecule has 3 aromatic rings. The van der Waals surface area contributed by atoms with Gasteiger partial charge in [-0.1, -0.05) is 0 Å². The maximum atomic E-state index is 12.9. The average molecular weight is 422 g/mol. The highest BCUT2D eigenvalue weighted by Crippen LogP contribution is 2.29. The van der Waals surface area contributed by atoms with Gasteiger partial charge in [-0.25, -0.2) is 15.0 Å². The lowest BCUT2D eigenvalue weighted by Gasteiger charge is -2.35. The van der Waals surface area contributed by atoms with E-state index in [4.69, 9.17) is 9.47 Å². The monoisotopic (exact) mass is 421 g/mol. The fourth-order valence-corrected chi connectivity index (χ4v) is 4.13. The molecule has 1 aliphatic heterocycles. The van der Waals surface area contributed by atoms with Gasteiger partial charge in [0, 0.05) is 50.8 Å². The van der Waals surface area contributed by atoms with Gasteiger partial charge in [-0.3, -0.25) is 4.79 Å². The number of fused-ring (bicyclic) bond motifs is 1. The summed E-state index contributed by atoms with van der Waals surface area (Å²) in [5, 5.41) is 0. The molecule has 0 bridgehead atoms. The van der Waals surface area contributed by atoms with Crippen LogP contribution in [-0.2, 0) is 0 Å². The third-order valence-corrected chi connectivity index (χ3v) is 5.82. The molecule has 0 unspecified atom stereocenters. The molecule has 4 rings (SSSR count). The van der Waals surface area contributed by atoms with Gasteiger partial charge in [0.15, 0.2) is 17.1 Å².